The molecule has 0 unspecified atom stereocenters. The van der Waals surface area contributed by atoms with Gasteiger partial charge in [0, 0.05) is 29.1 Å². The molecule has 2 saturated heterocycles. The Kier molecular flexibility index (Phi) is 2.89. The first-order valence-corrected chi connectivity index (χ1v) is 7.93. The zero-order valence-corrected chi connectivity index (χ0v) is 11.8. The standard InChI is InChI=1S/C15H16N2O2S/c18-15(17-12-7-10-1-2-11(12)16-10)14-4-3-13(19-14)9-5-6-20-8-9/h3-6,8,10-12,16H,1-2,7H2,(H,17,18)/t10-,11+,12-/m1/s1. The minimum absolute atomic E-state index is 0.106. The Balaban J connectivity index is 1.46. The van der Waals surface area contributed by atoms with Crippen LogP contribution in [-0.2, 0) is 0 Å². The van der Waals surface area contributed by atoms with Crippen LogP contribution in [0.3, 0.4) is 0 Å². The summed E-state index contributed by atoms with van der Waals surface area (Å²) in [6.07, 6.45) is 3.43. The Morgan fingerprint density at radius 1 is 1.35 bits per heavy atom. The summed E-state index contributed by atoms with van der Waals surface area (Å²) in [5.41, 5.74) is 1.02. The van der Waals surface area contributed by atoms with Crippen molar-refractivity contribution >= 4 is 17.2 Å². The number of hydrogen-bond acceptors (Lipinski definition) is 4. The highest BCUT2D eigenvalue weighted by atomic mass is 32.1. The van der Waals surface area contributed by atoms with Crippen LogP contribution in [0.25, 0.3) is 11.3 Å². The Morgan fingerprint density at radius 2 is 2.30 bits per heavy atom. The second kappa shape index (κ2) is 4.75. The Hall–Kier alpha value is -1.59. The molecule has 104 valence electrons. The van der Waals surface area contributed by atoms with E-state index >= 15 is 0 Å². The molecule has 1 amide bonds. The maximum Gasteiger partial charge on any atom is 0.287 e. The van der Waals surface area contributed by atoms with Crippen molar-refractivity contribution in [3.05, 3.63) is 34.7 Å². The molecule has 20 heavy (non-hydrogen) atoms. The van der Waals surface area contributed by atoms with Crippen molar-refractivity contribution in [3.8, 4) is 11.3 Å². The smallest absolute Gasteiger partial charge is 0.287 e. The first-order valence-electron chi connectivity index (χ1n) is 6.99. The van der Waals surface area contributed by atoms with Gasteiger partial charge in [0.15, 0.2) is 5.76 Å². The van der Waals surface area contributed by atoms with E-state index in [0.29, 0.717) is 17.8 Å². The highest BCUT2D eigenvalue weighted by Gasteiger charge is 2.39. The Bertz CT molecular complexity index is 620. The van der Waals surface area contributed by atoms with Crippen LogP contribution < -0.4 is 10.6 Å². The van der Waals surface area contributed by atoms with Crippen LogP contribution in [-0.4, -0.2) is 24.0 Å². The number of thiophene rings is 1. The summed E-state index contributed by atoms with van der Waals surface area (Å²) in [6, 6.07) is 6.87. The Morgan fingerprint density at radius 3 is 3.00 bits per heavy atom. The maximum absolute atomic E-state index is 12.2. The lowest BCUT2D eigenvalue weighted by molar-refractivity contribution is 0.0903. The zero-order valence-electron chi connectivity index (χ0n) is 11.0. The molecule has 2 N–H and O–H groups in total. The molecule has 0 saturated carbocycles. The van der Waals surface area contributed by atoms with Gasteiger partial charge in [-0.2, -0.15) is 11.3 Å². The van der Waals surface area contributed by atoms with Gasteiger partial charge in [-0.3, -0.25) is 4.79 Å². The summed E-state index contributed by atoms with van der Waals surface area (Å²) in [6.45, 7) is 0. The molecule has 0 aliphatic carbocycles. The third-order valence-electron chi connectivity index (χ3n) is 4.25. The zero-order chi connectivity index (χ0) is 13.5. The largest absolute Gasteiger partial charge is 0.451 e. The third-order valence-corrected chi connectivity index (χ3v) is 4.94. The fourth-order valence-corrected chi connectivity index (χ4v) is 3.89. The highest BCUT2D eigenvalue weighted by Crippen LogP contribution is 2.29. The number of furan rings is 1. The molecule has 0 spiro atoms. The van der Waals surface area contributed by atoms with E-state index in [4.69, 9.17) is 4.42 Å². The lowest BCUT2D eigenvalue weighted by Crippen LogP contribution is -2.42. The molecule has 2 bridgehead atoms. The normalized spacial score (nSPS) is 27.9. The van der Waals surface area contributed by atoms with E-state index in [1.807, 2.05) is 22.9 Å². The molecule has 5 heteroatoms. The van der Waals surface area contributed by atoms with Crippen LogP contribution in [0.2, 0.25) is 0 Å². The minimum atomic E-state index is -0.106. The molecular weight excluding hydrogens is 272 g/mol. The van der Waals surface area contributed by atoms with E-state index in [0.717, 1.165) is 24.2 Å². The molecule has 4 nitrogen and oxygen atoms in total. The van der Waals surface area contributed by atoms with E-state index in [9.17, 15) is 4.79 Å². The molecule has 4 heterocycles. The maximum atomic E-state index is 12.2. The van der Waals surface area contributed by atoms with Gasteiger partial charge in [0.1, 0.15) is 5.76 Å². The van der Waals surface area contributed by atoms with Gasteiger partial charge in [-0.05, 0) is 42.8 Å². The van der Waals surface area contributed by atoms with Crippen LogP contribution in [0.1, 0.15) is 29.8 Å². The van der Waals surface area contributed by atoms with E-state index in [-0.39, 0.29) is 11.9 Å². The van der Waals surface area contributed by atoms with E-state index in [1.54, 1.807) is 17.4 Å². The second-order valence-corrected chi connectivity index (χ2v) is 6.32. The monoisotopic (exact) mass is 288 g/mol. The summed E-state index contributed by atoms with van der Waals surface area (Å²) in [7, 11) is 0. The van der Waals surface area contributed by atoms with Crippen molar-refractivity contribution in [1.82, 2.24) is 10.6 Å². The molecule has 2 aliphatic rings. The number of fused-ring (bicyclic) bond motifs is 2. The summed E-state index contributed by atoms with van der Waals surface area (Å²) in [5, 5.41) is 10.6. The van der Waals surface area contributed by atoms with Gasteiger partial charge in [0.2, 0.25) is 0 Å². The van der Waals surface area contributed by atoms with E-state index in [1.165, 1.54) is 6.42 Å². The third kappa shape index (κ3) is 2.07. The lowest BCUT2D eigenvalue weighted by atomic mass is 9.95. The van der Waals surface area contributed by atoms with Crippen LogP contribution >= 0.6 is 11.3 Å². The van der Waals surface area contributed by atoms with Crippen LogP contribution in [0, 0.1) is 0 Å². The quantitative estimate of drug-likeness (QED) is 0.913. The number of hydrogen-bond donors (Lipinski definition) is 2. The van der Waals surface area contributed by atoms with Gasteiger partial charge in [-0.15, -0.1) is 0 Å². The summed E-state index contributed by atoms with van der Waals surface area (Å²) < 4.78 is 5.65. The summed E-state index contributed by atoms with van der Waals surface area (Å²) in [4.78, 5) is 12.2. The van der Waals surface area contributed by atoms with Crippen LogP contribution in [0.5, 0.6) is 0 Å². The SMILES string of the molecule is O=C(N[C@@H]1C[C@H]2CC[C@@H]1N2)c1ccc(-c2ccsc2)o1. The van der Waals surface area contributed by atoms with Gasteiger partial charge >= 0.3 is 0 Å². The molecule has 0 radical (unpaired) electrons. The van der Waals surface area contributed by atoms with E-state index in [2.05, 4.69) is 10.6 Å². The number of carbonyl (C=O) groups excluding carboxylic acids is 1. The molecule has 3 atom stereocenters. The summed E-state index contributed by atoms with van der Waals surface area (Å²) in [5.74, 6) is 1.04. The minimum Gasteiger partial charge on any atom is -0.451 e. The van der Waals surface area contributed by atoms with Crippen molar-refractivity contribution in [1.29, 1.82) is 0 Å². The van der Waals surface area contributed by atoms with Crippen molar-refractivity contribution in [2.24, 2.45) is 0 Å². The van der Waals surface area contributed by atoms with Gasteiger partial charge in [-0.1, -0.05) is 0 Å². The molecule has 2 aromatic heterocycles. The molecule has 2 aromatic rings. The number of nitrogens with one attached hydrogen (secondary N) is 2. The first kappa shape index (κ1) is 12.2. The first-order chi connectivity index (χ1) is 9.79. The average molecular weight is 288 g/mol. The Labute approximate surface area is 121 Å². The number of carbonyl (C=O) groups is 1. The topological polar surface area (TPSA) is 54.3 Å². The fraction of sp³-hybridized carbons (Fsp3) is 0.400. The fourth-order valence-electron chi connectivity index (χ4n) is 3.24. The lowest BCUT2D eigenvalue weighted by Gasteiger charge is -2.20. The molecule has 2 fully saturated rings. The molecule has 4 rings (SSSR count). The van der Waals surface area contributed by atoms with Gasteiger partial charge in [-0.25, -0.2) is 0 Å². The van der Waals surface area contributed by atoms with Gasteiger partial charge in [0.05, 0.1) is 0 Å². The van der Waals surface area contributed by atoms with Gasteiger partial charge < -0.3 is 15.1 Å². The highest BCUT2D eigenvalue weighted by molar-refractivity contribution is 7.08. The van der Waals surface area contributed by atoms with Crippen molar-refractivity contribution in [3.63, 3.8) is 0 Å². The van der Waals surface area contributed by atoms with Crippen molar-refractivity contribution in [2.75, 3.05) is 0 Å². The van der Waals surface area contributed by atoms with Gasteiger partial charge in [0.25, 0.3) is 5.91 Å². The predicted octanol–water partition coefficient (Wildman–Crippen LogP) is 2.63. The number of rotatable bonds is 3. The van der Waals surface area contributed by atoms with Crippen molar-refractivity contribution < 1.29 is 9.21 Å². The molecule has 2 aliphatic heterocycles. The molecule has 0 aromatic carbocycles. The number of amides is 1. The van der Waals surface area contributed by atoms with E-state index < -0.39 is 0 Å². The summed E-state index contributed by atoms with van der Waals surface area (Å²) >= 11 is 1.62. The predicted molar refractivity (Wildman–Crippen MR) is 77.8 cm³/mol. The van der Waals surface area contributed by atoms with Crippen LogP contribution in [0.4, 0.5) is 0 Å². The average Bonchev–Trinajstić information content (AvgIpc) is 3.21. The molecular formula is C15H16N2O2S. The van der Waals surface area contributed by atoms with Crippen LogP contribution in [0.15, 0.2) is 33.4 Å². The second-order valence-electron chi connectivity index (χ2n) is 5.54. The van der Waals surface area contributed by atoms with Crippen molar-refractivity contribution in [2.45, 2.75) is 37.4 Å².